The van der Waals surface area contributed by atoms with Crippen LogP contribution in [0.2, 0.25) is 0 Å². The van der Waals surface area contributed by atoms with E-state index in [9.17, 15) is 14.4 Å². The summed E-state index contributed by atoms with van der Waals surface area (Å²) in [5.74, 6) is 1.48. The number of alkyl carbamates (subject to hydrolysis) is 1. The zero-order chi connectivity index (χ0) is 45.3. The molecule has 3 amide bonds. The minimum absolute atomic E-state index is 0.164. The maximum atomic E-state index is 16.9. The first kappa shape index (κ1) is 42.8. The number of methoxy groups -OCH3 is 1. The summed E-state index contributed by atoms with van der Waals surface area (Å²) < 4.78 is 36.4. The van der Waals surface area contributed by atoms with E-state index in [1.54, 1.807) is 27.3 Å². The third kappa shape index (κ3) is 7.93. The number of halogens is 1. The number of aromatic nitrogens is 5. The Kier molecular flexibility index (Phi) is 11.0. The van der Waals surface area contributed by atoms with Crippen molar-refractivity contribution in [3.05, 3.63) is 88.1 Å². The molecule has 0 spiro atoms. The van der Waals surface area contributed by atoms with E-state index in [4.69, 9.17) is 24.2 Å². The molecule has 10 rings (SSSR count). The molecule has 4 aromatic heterocycles. The topological polar surface area (TPSA) is 160 Å². The van der Waals surface area contributed by atoms with E-state index in [1.165, 1.54) is 37.3 Å². The van der Waals surface area contributed by atoms with Gasteiger partial charge in [-0.05, 0) is 114 Å². The highest BCUT2D eigenvalue weighted by Crippen LogP contribution is 2.50. The van der Waals surface area contributed by atoms with Gasteiger partial charge >= 0.3 is 12.2 Å². The van der Waals surface area contributed by atoms with Crippen molar-refractivity contribution in [1.29, 1.82) is 0 Å². The number of hydrogen-bond acceptors (Lipinski definition) is 9. The van der Waals surface area contributed by atoms with E-state index >= 15 is 4.39 Å². The van der Waals surface area contributed by atoms with Crippen LogP contribution >= 0.6 is 11.3 Å². The molecule has 1 aliphatic carbocycles. The lowest BCUT2D eigenvalue weighted by Gasteiger charge is -2.30. The Labute approximate surface area is 380 Å². The first-order valence-corrected chi connectivity index (χ1v) is 23.6. The highest BCUT2D eigenvalue weighted by atomic mass is 32.1. The molecule has 14 nitrogen and oxygen atoms in total. The number of imidazole rings is 2. The summed E-state index contributed by atoms with van der Waals surface area (Å²) in [7, 11) is 1.28. The molecule has 2 aromatic carbocycles. The van der Waals surface area contributed by atoms with Crippen LogP contribution in [0.25, 0.3) is 44.7 Å². The zero-order valence-electron chi connectivity index (χ0n) is 37.6. The molecule has 1 saturated carbocycles. The minimum atomic E-state index is -0.758. The Hall–Kier alpha value is -6.16. The molecule has 16 heteroatoms. The summed E-state index contributed by atoms with van der Waals surface area (Å²) in [4.78, 5) is 61.3. The Morgan fingerprint density at radius 2 is 1.54 bits per heavy atom. The third-order valence-corrected chi connectivity index (χ3v) is 14.6. The van der Waals surface area contributed by atoms with Crippen LogP contribution in [0.3, 0.4) is 0 Å². The molecular weight excluding hydrogens is 848 g/mol. The standard InChI is InChI=1S/C49H55FN8O6S/c1-26(2)42(55-47(60)62-6)45(59)56-18-8-12-35(56)43-52-25-33(54-43)29-21-31(50)41-37-22-30-20-28(32-24-51-44(53-32)36-13-9-19-57(36)48(61)64-49(3,4)5)14-15-34(30)58(37)46(63-38(41)23-29)40-17-16-39(65-40)27-10-7-11-27/h14-17,20-27,35-36,42,46H,7-13,18-19H2,1-6H3,(H,51,53)(H,52,54)(H,55,60)/t35-,36+,42-,46?/m0/s1. The highest BCUT2D eigenvalue weighted by molar-refractivity contribution is 7.12. The van der Waals surface area contributed by atoms with Gasteiger partial charge in [-0.3, -0.25) is 14.3 Å². The number of likely N-dealkylation sites (tertiary alicyclic amines) is 2. The number of ether oxygens (including phenoxy) is 3. The molecule has 4 atom stereocenters. The molecule has 3 fully saturated rings. The molecule has 3 aliphatic heterocycles. The Bertz CT molecular complexity index is 2800. The maximum absolute atomic E-state index is 16.9. The second-order valence-electron chi connectivity index (χ2n) is 19.1. The van der Waals surface area contributed by atoms with E-state index in [-0.39, 0.29) is 30.0 Å². The molecular formula is C49H55FN8O6S. The van der Waals surface area contributed by atoms with Gasteiger partial charge in [0.25, 0.3) is 0 Å². The molecule has 7 heterocycles. The maximum Gasteiger partial charge on any atom is 0.410 e. The van der Waals surface area contributed by atoms with Crippen LogP contribution in [0.15, 0.2) is 60.9 Å². The summed E-state index contributed by atoms with van der Waals surface area (Å²) >= 11 is 1.76. The molecule has 0 bridgehead atoms. The number of carbonyl (C=O) groups is 3. The predicted molar refractivity (Wildman–Crippen MR) is 245 cm³/mol. The van der Waals surface area contributed by atoms with Gasteiger partial charge in [0.2, 0.25) is 12.1 Å². The number of hydrogen-bond donors (Lipinski definition) is 3. The summed E-state index contributed by atoms with van der Waals surface area (Å²) in [5.41, 5.74) is 4.28. The monoisotopic (exact) mass is 902 g/mol. The SMILES string of the molecule is COC(=O)N[C@H](C(=O)N1CCC[C@H]1c1ncc(-c2cc(F)c3c(c2)OC(c2ccc(C4CCC4)s2)n2c-3cc3cc(-c4cnc([C@H]5CCCN5C(=O)OC(C)(C)C)[nH]4)ccc32)[nH]1)C(C)C. The van der Waals surface area contributed by atoms with E-state index in [2.05, 4.69) is 44.1 Å². The molecule has 4 aliphatic rings. The number of carbonyl (C=O) groups excluding carboxylic acids is 3. The van der Waals surface area contributed by atoms with Gasteiger partial charge in [-0.2, -0.15) is 0 Å². The van der Waals surface area contributed by atoms with E-state index in [1.807, 2.05) is 59.0 Å². The molecule has 340 valence electrons. The molecule has 0 radical (unpaired) electrons. The number of rotatable bonds is 9. The Morgan fingerprint density at radius 3 is 2.20 bits per heavy atom. The number of H-pyrrole nitrogens is 2. The first-order chi connectivity index (χ1) is 31.2. The van der Waals surface area contributed by atoms with Gasteiger partial charge in [0.05, 0.1) is 64.6 Å². The molecule has 6 aromatic rings. The van der Waals surface area contributed by atoms with Crippen molar-refractivity contribution in [1.82, 2.24) is 39.6 Å². The lowest BCUT2D eigenvalue weighted by Crippen LogP contribution is -2.51. The van der Waals surface area contributed by atoms with Crippen molar-refractivity contribution in [2.45, 2.75) is 115 Å². The van der Waals surface area contributed by atoms with Gasteiger partial charge in [-0.1, -0.05) is 26.3 Å². The summed E-state index contributed by atoms with van der Waals surface area (Å²) in [5, 5.41) is 3.61. The van der Waals surface area contributed by atoms with Crippen LogP contribution in [0.4, 0.5) is 14.0 Å². The fourth-order valence-corrected chi connectivity index (χ4v) is 11.0. The molecule has 2 saturated heterocycles. The van der Waals surface area contributed by atoms with Gasteiger partial charge in [0.15, 0.2) is 0 Å². The lowest BCUT2D eigenvalue weighted by molar-refractivity contribution is -0.135. The van der Waals surface area contributed by atoms with Crippen molar-refractivity contribution in [3.63, 3.8) is 0 Å². The minimum Gasteiger partial charge on any atom is -0.464 e. The fourth-order valence-electron chi connectivity index (χ4n) is 9.79. The molecule has 1 unspecified atom stereocenters. The van der Waals surface area contributed by atoms with Gasteiger partial charge < -0.3 is 34.4 Å². The van der Waals surface area contributed by atoms with Crippen molar-refractivity contribution < 1.29 is 33.0 Å². The van der Waals surface area contributed by atoms with Crippen LogP contribution in [-0.2, 0) is 14.3 Å². The third-order valence-electron chi connectivity index (χ3n) is 13.3. The average molecular weight is 903 g/mol. The Morgan fingerprint density at radius 1 is 0.862 bits per heavy atom. The number of benzene rings is 2. The highest BCUT2D eigenvalue weighted by Gasteiger charge is 2.39. The van der Waals surface area contributed by atoms with Gasteiger partial charge in [-0.25, -0.2) is 23.9 Å². The largest absolute Gasteiger partial charge is 0.464 e. The zero-order valence-corrected chi connectivity index (χ0v) is 38.4. The van der Waals surface area contributed by atoms with Crippen LogP contribution in [0.1, 0.15) is 125 Å². The van der Waals surface area contributed by atoms with Gasteiger partial charge in [-0.15, -0.1) is 11.3 Å². The summed E-state index contributed by atoms with van der Waals surface area (Å²) in [6.45, 7) is 10.5. The number of nitrogens with one attached hydrogen (secondary N) is 3. The van der Waals surface area contributed by atoms with Crippen molar-refractivity contribution in [2.24, 2.45) is 5.92 Å². The van der Waals surface area contributed by atoms with Crippen LogP contribution in [0.5, 0.6) is 5.75 Å². The average Bonchev–Trinajstić information content (AvgIpc) is 4.10. The summed E-state index contributed by atoms with van der Waals surface area (Å²) in [6.07, 6.45) is 8.65. The quantitative estimate of drug-likeness (QED) is 0.129. The number of thiophene rings is 1. The lowest BCUT2D eigenvalue weighted by atomic mass is 9.84. The van der Waals surface area contributed by atoms with Crippen LogP contribution in [0, 0.1) is 11.7 Å². The molecule has 65 heavy (non-hydrogen) atoms. The summed E-state index contributed by atoms with van der Waals surface area (Å²) in [6, 6.07) is 14.7. The van der Waals surface area contributed by atoms with E-state index in [0.717, 1.165) is 46.3 Å². The smallest absolute Gasteiger partial charge is 0.410 e. The van der Waals surface area contributed by atoms with Crippen LogP contribution < -0.4 is 10.1 Å². The second-order valence-corrected chi connectivity index (χ2v) is 20.2. The van der Waals surface area contributed by atoms with E-state index in [0.29, 0.717) is 65.3 Å². The van der Waals surface area contributed by atoms with Crippen molar-refractivity contribution in [3.8, 4) is 39.5 Å². The van der Waals surface area contributed by atoms with E-state index < -0.39 is 29.8 Å². The number of nitrogens with zero attached hydrogens (tertiary/aromatic N) is 5. The fraction of sp³-hybridized carbons (Fsp3) is 0.449. The second kappa shape index (κ2) is 16.7. The van der Waals surface area contributed by atoms with Gasteiger partial charge in [0.1, 0.15) is 34.9 Å². The predicted octanol–water partition coefficient (Wildman–Crippen LogP) is 10.6. The van der Waals surface area contributed by atoms with Crippen molar-refractivity contribution >= 4 is 40.3 Å². The van der Waals surface area contributed by atoms with Gasteiger partial charge in [0, 0.05) is 34.5 Å². The number of aromatic amines is 2. The van der Waals surface area contributed by atoms with Crippen LogP contribution in [-0.4, -0.2) is 84.2 Å². The Balaban J connectivity index is 0.980. The number of amides is 3. The first-order valence-electron chi connectivity index (χ1n) is 22.7. The van der Waals surface area contributed by atoms with Crippen molar-refractivity contribution in [2.75, 3.05) is 20.2 Å². The normalized spacial score (nSPS) is 20.1. The molecule has 3 N–H and O–H groups in total. The number of fused-ring (bicyclic) bond motifs is 5.